The standard InChI is InChI=1S/C17H21N3O/c1-11(19-2)15(14(9-18)20-3)16-5-12-4-13(6-16)8-17(21,7-12)10-16/h11-15,21H,4-8,10H2,1H3. The van der Waals surface area contributed by atoms with E-state index in [1.165, 1.54) is 6.42 Å². The monoisotopic (exact) mass is 283 g/mol. The van der Waals surface area contributed by atoms with E-state index in [-0.39, 0.29) is 17.4 Å². The third-order valence-electron chi connectivity index (χ3n) is 6.12. The topological polar surface area (TPSA) is 52.7 Å². The van der Waals surface area contributed by atoms with Crippen molar-refractivity contribution in [2.24, 2.45) is 23.2 Å². The fraction of sp³-hybridized carbons (Fsp3) is 0.824. The molecule has 0 aliphatic heterocycles. The highest BCUT2D eigenvalue weighted by molar-refractivity contribution is 5.18. The first-order valence-corrected chi connectivity index (χ1v) is 7.80. The van der Waals surface area contributed by atoms with E-state index in [4.69, 9.17) is 13.1 Å². The van der Waals surface area contributed by atoms with Crippen molar-refractivity contribution in [1.82, 2.24) is 0 Å². The minimum absolute atomic E-state index is 0.173. The van der Waals surface area contributed by atoms with Crippen LogP contribution in [0, 0.1) is 47.6 Å². The average molecular weight is 283 g/mol. The van der Waals surface area contributed by atoms with Crippen LogP contribution in [-0.4, -0.2) is 22.8 Å². The molecule has 0 heterocycles. The molecule has 0 radical (unpaired) electrons. The molecule has 1 N–H and O–H groups in total. The van der Waals surface area contributed by atoms with Crippen LogP contribution in [0.1, 0.15) is 45.4 Å². The number of hydrogen-bond donors (Lipinski definition) is 1. The number of aliphatic hydroxyl groups is 1. The molecule has 4 aliphatic carbocycles. The van der Waals surface area contributed by atoms with E-state index in [1.54, 1.807) is 0 Å². The van der Waals surface area contributed by atoms with Crippen molar-refractivity contribution in [2.45, 2.75) is 63.1 Å². The molecule has 4 bridgehead atoms. The Balaban J connectivity index is 2.01. The molecule has 4 rings (SSSR count). The summed E-state index contributed by atoms with van der Waals surface area (Å²) in [4.78, 5) is 7.18. The van der Waals surface area contributed by atoms with Gasteiger partial charge in [-0.25, -0.2) is 13.1 Å². The summed E-state index contributed by atoms with van der Waals surface area (Å²) in [5.74, 6) is 0.804. The summed E-state index contributed by atoms with van der Waals surface area (Å²) in [5.41, 5.74) is -0.778. The third kappa shape index (κ3) is 2.12. The second kappa shape index (κ2) is 4.72. The van der Waals surface area contributed by atoms with Crippen molar-refractivity contribution in [3.05, 3.63) is 22.8 Å². The molecule has 5 atom stereocenters. The van der Waals surface area contributed by atoms with Gasteiger partial charge in [0.05, 0.1) is 5.60 Å². The molecule has 5 unspecified atom stereocenters. The fourth-order valence-corrected chi connectivity index (χ4v) is 6.05. The Labute approximate surface area is 126 Å². The number of hydrogen-bond acceptors (Lipinski definition) is 2. The van der Waals surface area contributed by atoms with E-state index in [1.807, 2.05) is 6.92 Å². The molecule has 0 aromatic rings. The lowest BCUT2D eigenvalue weighted by Crippen LogP contribution is -2.60. The summed E-state index contributed by atoms with van der Waals surface area (Å²) < 4.78 is 0. The Morgan fingerprint density at radius 2 is 1.81 bits per heavy atom. The minimum atomic E-state index is -0.756. The van der Waals surface area contributed by atoms with E-state index in [0.717, 1.165) is 25.7 Å². The van der Waals surface area contributed by atoms with E-state index in [0.29, 0.717) is 18.3 Å². The summed E-state index contributed by atoms with van der Waals surface area (Å²) >= 11 is 0. The molecular formula is C17H21N3O. The van der Waals surface area contributed by atoms with Gasteiger partial charge in [-0.2, -0.15) is 5.26 Å². The van der Waals surface area contributed by atoms with Crippen molar-refractivity contribution in [2.75, 3.05) is 0 Å². The van der Waals surface area contributed by atoms with Gasteiger partial charge in [0.15, 0.2) is 6.07 Å². The molecule has 110 valence electrons. The Morgan fingerprint density at radius 1 is 1.19 bits per heavy atom. The zero-order valence-electron chi connectivity index (χ0n) is 12.4. The maximum Gasteiger partial charge on any atom is 0.317 e. The molecule has 0 aromatic carbocycles. The van der Waals surface area contributed by atoms with Crippen molar-refractivity contribution in [3.8, 4) is 6.07 Å². The first kappa shape index (κ1) is 14.4. The first-order valence-electron chi connectivity index (χ1n) is 7.80. The van der Waals surface area contributed by atoms with Crippen LogP contribution in [0.5, 0.6) is 0 Å². The Kier molecular flexibility index (Phi) is 3.23. The van der Waals surface area contributed by atoms with Gasteiger partial charge in [-0.05, 0) is 55.8 Å². The van der Waals surface area contributed by atoms with E-state index in [9.17, 15) is 10.4 Å². The van der Waals surface area contributed by atoms with Gasteiger partial charge in [-0.15, -0.1) is 0 Å². The van der Waals surface area contributed by atoms with E-state index >= 15 is 0 Å². The third-order valence-corrected chi connectivity index (χ3v) is 6.12. The summed E-state index contributed by atoms with van der Waals surface area (Å²) in [5, 5.41) is 20.2. The molecule has 0 aromatic heterocycles. The van der Waals surface area contributed by atoms with Crippen LogP contribution in [0.15, 0.2) is 0 Å². The van der Waals surface area contributed by atoms with Crippen LogP contribution in [0.25, 0.3) is 9.69 Å². The van der Waals surface area contributed by atoms with Crippen molar-refractivity contribution in [3.63, 3.8) is 0 Å². The smallest absolute Gasteiger partial charge is 0.317 e. The minimum Gasteiger partial charge on any atom is -0.390 e. The molecular weight excluding hydrogens is 262 g/mol. The van der Waals surface area contributed by atoms with Crippen LogP contribution in [0.2, 0.25) is 0 Å². The van der Waals surface area contributed by atoms with Crippen LogP contribution in [0.4, 0.5) is 0 Å². The van der Waals surface area contributed by atoms with Gasteiger partial charge in [0.1, 0.15) is 5.92 Å². The molecule has 4 aliphatic rings. The van der Waals surface area contributed by atoms with Gasteiger partial charge in [-0.1, -0.05) is 0 Å². The Bertz CT molecular complexity index is 536. The zero-order chi connectivity index (χ0) is 15.3. The average Bonchev–Trinajstić information content (AvgIpc) is 2.40. The van der Waals surface area contributed by atoms with Crippen LogP contribution >= 0.6 is 0 Å². The Morgan fingerprint density at radius 3 is 2.24 bits per heavy atom. The van der Waals surface area contributed by atoms with Crippen molar-refractivity contribution in [1.29, 1.82) is 5.26 Å². The SMILES string of the molecule is [C-]#[N+]C(C)C(C(C#N)[N+]#[C-])C12CC3CC(CC(O)(C3)C1)C2. The van der Waals surface area contributed by atoms with E-state index in [2.05, 4.69) is 15.8 Å². The number of nitriles is 1. The van der Waals surface area contributed by atoms with Crippen LogP contribution in [0.3, 0.4) is 0 Å². The fourth-order valence-electron chi connectivity index (χ4n) is 6.05. The number of rotatable bonds is 3. The normalized spacial score (nSPS) is 44.1. The second-order valence-electron chi connectivity index (χ2n) is 7.65. The highest BCUT2D eigenvalue weighted by Crippen LogP contribution is 2.65. The molecule has 4 saturated carbocycles. The van der Waals surface area contributed by atoms with Gasteiger partial charge in [0.25, 0.3) is 0 Å². The summed E-state index contributed by atoms with van der Waals surface area (Å²) in [7, 11) is 0. The molecule has 4 heteroatoms. The van der Waals surface area contributed by atoms with Crippen molar-refractivity contribution >= 4 is 0 Å². The maximum atomic E-state index is 10.9. The molecule has 0 spiro atoms. The van der Waals surface area contributed by atoms with Crippen LogP contribution in [-0.2, 0) is 0 Å². The highest BCUT2D eigenvalue weighted by atomic mass is 16.3. The lowest BCUT2D eigenvalue weighted by molar-refractivity contribution is -0.182. The van der Waals surface area contributed by atoms with E-state index < -0.39 is 11.6 Å². The molecule has 0 saturated heterocycles. The summed E-state index contributed by atoms with van der Waals surface area (Å²) in [6.45, 7) is 16.6. The molecule has 21 heavy (non-hydrogen) atoms. The van der Waals surface area contributed by atoms with Gasteiger partial charge in [0, 0.05) is 6.92 Å². The number of nitrogens with zero attached hydrogens (tertiary/aromatic N) is 3. The molecule has 4 nitrogen and oxygen atoms in total. The second-order valence-corrected chi connectivity index (χ2v) is 7.65. The maximum absolute atomic E-state index is 10.9. The van der Waals surface area contributed by atoms with Crippen LogP contribution < -0.4 is 0 Å². The Hall–Kier alpha value is -1.57. The summed E-state index contributed by atoms with van der Waals surface area (Å²) in [6, 6.07) is 1.04. The molecule has 0 amide bonds. The first-order chi connectivity index (χ1) is 9.95. The predicted octanol–water partition coefficient (Wildman–Crippen LogP) is 3.05. The zero-order valence-corrected chi connectivity index (χ0v) is 12.4. The lowest BCUT2D eigenvalue weighted by Gasteiger charge is -2.61. The van der Waals surface area contributed by atoms with Crippen molar-refractivity contribution < 1.29 is 5.11 Å². The summed E-state index contributed by atoms with van der Waals surface area (Å²) in [6.07, 6.45) is 5.59. The van der Waals surface area contributed by atoms with Gasteiger partial charge in [0.2, 0.25) is 6.04 Å². The quantitative estimate of drug-likeness (QED) is 0.809. The highest BCUT2D eigenvalue weighted by Gasteiger charge is 2.64. The predicted molar refractivity (Wildman–Crippen MR) is 77.6 cm³/mol. The molecule has 4 fully saturated rings. The van der Waals surface area contributed by atoms with Gasteiger partial charge in [-0.3, -0.25) is 4.85 Å². The largest absolute Gasteiger partial charge is 0.390 e. The van der Waals surface area contributed by atoms with Gasteiger partial charge >= 0.3 is 6.04 Å². The lowest BCUT2D eigenvalue weighted by atomic mass is 9.43. The van der Waals surface area contributed by atoms with Gasteiger partial charge < -0.3 is 9.95 Å².